The molecule has 2 N–H and O–H groups in total. The van der Waals surface area contributed by atoms with E-state index >= 15 is 0 Å². The molecule has 1 amide bonds. The number of rotatable bonds is 3. The second-order valence-electron chi connectivity index (χ2n) is 6.89. The highest BCUT2D eigenvalue weighted by atomic mass is 35.5. The number of likely N-dealkylation sites (N-methyl/N-ethyl adjacent to an activating group) is 1. The van der Waals surface area contributed by atoms with E-state index < -0.39 is 0 Å². The summed E-state index contributed by atoms with van der Waals surface area (Å²) in [5.41, 5.74) is 5.92. The topological polar surface area (TPSA) is 46.3 Å². The third-order valence-corrected chi connectivity index (χ3v) is 5.73. The minimum atomic E-state index is -0.299. The van der Waals surface area contributed by atoms with Crippen LogP contribution in [0, 0.1) is 23.7 Å². The van der Waals surface area contributed by atoms with Gasteiger partial charge in [0.05, 0.1) is 6.04 Å². The lowest BCUT2D eigenvalue weighted by atomic mass is 9.54. The first-order valence-electron chi connectivity index (χ1n) is 7.62. The van der Waals surface area contributed by atoms with E-state index in [1.807, 2.05) is 18.9 Å². The monoisotopic (exact) mass is 286 g/mol. The van der Waals surface area contributed by atoms with Gasteiger partial charge in [0.2, 0.25) is 5.91 Å². The Hall–Kier alpha value is -0.280. The first kappa shape index (κ1) is 15.1. The Balaban J connectivity index is 0.00000133. The van der Waals surface area contributed by atoms with Crippen LogP contribution in [0.2, 0.25) is 0 Å². The summed E-state index contributed by atoms with van der Waals surface area (Å²) >= 11 is 0. The number of halogens is 1. The number of carbonyl (C=O) groups is 1. The van der Waals surface area contributed by atoms with Gasteiger partial charge in [0.1, 0.15) is 0 Å². The van der Waals surface area contributed by atoms with Crippen molar-refractivity contribution >= 4 is 18.3 Å². The smallest absolute Gasteiger partial charge is 0.239 e. The Morgan fingerprint density at radius 1 is 1.16 bits per heavy atom. The van der Waals surface area contributed by atoms with Crippen molar-refractivity contribution in [2.45, 2.75) is 57.5 Å². The maximum Gasteiger partial charge on any atom is 0.239 e. The molecule has 0 spiro atoms. The number of carbonyl (C=O) groups excluding carboxylic acids is 1. The normalized spacial score (nSPS) is 40.7. The van der Waals surface area contributed by atoms with Crippen molar-refractivity contribution in [3.05, 3.63) is 0 Å². The minimum Gasteiger partial charge on any atom is -0.341 e. The summed E-state index contributed by atoms with van der Waals surface area (Å²) in [7, 11) is 1.99. The van der Waals surface area contributed by atoms with Crippen LogP contribution in [0.15, 0.2) is 0 Å². The molecule has 1 atom stereocenters. The second kappa shape index (κ2) is 5.61. The SMILES string of the molecule is CC[C@H](N)C(=O)N(C)C1C2CC3CC(C2)CC1C3.Cl. The molecule has 0 aromatic rings. The third kappa shape index (κ3) is 2.52. The summed E-state index contributed by atoms with van der Waals surface area (Å²) in [5, 5.41) is 0. The van der Waals surface area contributed by atoms with Crippen LogP contribution < -0.4 is 5.73 Å². The van der Waals surface area contributed by atoms with Gasteiger partial charge in [-0.1, -0.05) is 6.92 Å². The number of nitrogens with two attached hydrogens (primary N) is 1. The van der Waals surface area contributed by atoms with Crippen LogP contribution >= 0.6 is 12.4 Å². The molecule has 19 heavy (non-hydrogen) atoms. The molecule has 4 bridgehead atoms. The molecular weight excluding hydrogens is 260 g/mol. The van der Waals surface area contributed by atoms with Crippen LogP contribution in [0.4, 0.5) is 0 Å². The predicted octanol–water partition coefficient (Wildman–Crippen LogP) is 2.43. The molecule has 0 aromatic heterocycles. The molecule has 0 aromatic carbocycles. The van der Waals surface area contributed by atoms with E-state index in [-0.39, 0.29) is 24.4 Å². The first-order chi connectivity index (χ1) is 8.60. The Morgan fingerprint density at radius 3 is 2.05 bits per heavy atom. The predicted molar refractivity (Wildman–Crippen MR) is 79.1 cm³/mol. The number of hydrogen-bond acceptors (Lipinski definition) is 2. The maximum absolute atomic E-state index is 12.3. The maximum atomic E-state index is 12.3. The molecule has 4 aliphatic carbocycles. The van der Waals surface area contributed by atoms with Gasteiger partial charge in [-0.2, -0.15) is 0 Å². The highest BCUT2D eigenvalue weighted by molar-refractivity contribution is 5.85. The van der Waals surface area contributed by atoms with Crippen LogP contribution in [0.3, 0.4) is 0 Å². The van der Waals surface area contributed by atoms with Crippen LogP contribution in [-0.2, 0) is 4.79 Å². The molecule has 0 saturated heterocycles. The Bertz CT molecular complexity index is 319. The highest BCUT2D eigenvalue weighted by Gasteiger charge is 2.50. The largest absolute Gasteiger partial charge is 0.341 e. The van der Waals surface area contributed by atoms with Gasteiger partial charge in [-0.3, -0.25) is 4.79 Å². The van der Waals surface area contributed by atoms with Gasteiger partial charge in [0, 0.05) is 13.1 Å². The van der Waals surface area contributed by atoms with Crippen molar-refractivity contribution in [2.75, 3.05) is 7.05 Å². The molecular formula is C15H27ClN2O. The molecule has 4 aliphatic rings. The van der Waals surface area contributed by atoms with Crippen molar-refractivity contribution in [2.24, 2.45) is 29.4 Å². The van der Waals surface area contributed by atoms with Crippen molar-refractivity contribution in [3.8, 4) is 0 Å². The quantitative estimate of drug-likeness (QED) is 0.866. The van der Waals surface area contributed by atoms with Gasteiger partial charge < -0.3 is 10.6 Å². The van der Waals surface area contributed by atoms with Crippen LogP contribution in [-0.4, -0.2) is 29.9 Å². The molecule has 0 radical (unpaired) electrons. The van der Waals surface area contributed by atoms with Gasteiger partial charge in [0.25, 0.3) is 0 Å². The summed E-state index contributed by atoms with van der Waals surface area (Å²) in [5.74, 6) is 3.62. The van der Waals surface area contributed by atoms with Gasteiger partial charge in [-0.25, -0.2) is 0 Å². The number of nitrogens with zero attached hydrogens (tertiary/aromatic N) is 1. The average Bonchev–Trinajstić information content (AvgIpc) is 2.35. The van der Waals surface area contributed by atoms with E-state index in [1.165, 1.54) is 32.1 Å². The lowest BCUT2D eigenvalue weighted by molar-refractivity contribution is -0.142. The van der Waals surface area contributed by atoms with Gasteiger partial charge in [-0.05, 0) is 62.2 Å². The van der Waals surface area contributed by atoms with E-state index in [0.717, 1.165) is 30.1 Å². The zero-order valence-corrected chi connectivity index (χ0v) is 12.9. The Kier molecular flexibility index (Phi) is 4.46. The summed E-state index contributed by atoms with van der Waals surface area (Å²) in [6, 6.07) is 0.190. The minimum absolute atomic E-state index is 0. The molecule has 4 rings (SSSR count). The summed E-state index contributed by atoms with van der Waals surface area (Å²) in [6.45, 7) is 1.99. The molecule has 4 saturated carbocycles. The molecule has 110 valence electrons. The molecule has 0 unspecified atom stereocenters. The lowest BCUT2D eigenvalue weighted by Crippen LogP contribution is -2.58. The number of amides is 1. The highest BCUT2D eigenvalue weighted by Crippen LogP contribution is 2.54. The van der Waals surface area contributed by atoms with Crippen LogP contribution in [0.1, 0.15) is 45.4 Å². The zero-order chi connectivity index (χ0) is 12.9. The van der Waals surface area contributed by atoms with Gasteiger partial charge in [0.15, 0.2) is 0 Å². The second-order valence-corrected chi connectivity index (χ2v) is 6.89. The molecule has 0 aliphatic heterocycles. The standard InChI is InChI=1S/C15H26N2O.ClH/c1-3-13(16)15(18)17(2)14-11-5-9-4-10(7-11)8-12(14)6-9;/h9-14H,3-8,16H2,1-2H3;1H/t9?,10?,11?,12?,13-,14?;/m0./s1. The summed E-state index contributed by atoms with van der Waals surface area (Å²) in [6.07, 6.45) is 7.64. The van der Waals surface area contributed by atoms with E-state index in [0.29, 0.717) is 6.04 Å². The van der Waals surface area contributed by atoms with Crippen molar-refractivity contribution in [1.29, 1.82) is 0 Å². The fraction of sp³-hybridized carbons (Fsp3) is 0.933. The molecule has 4 fully saturated rings. The molecule has 4 heteroatoms. The molecule has 3 nitrogen and oxygen atoms in total. The van der Waals surface area contributed by atoms with Crippen molar-refractivity contribution in [3.63, 3.8) is 0 Å². The Morgan fingerprint density at radius 2 is 1.63 bits per heavy atom. The third-order valence-electron chi connectivity index (χ3n) is 5.73. The fourth-order valence-electron chi connectivity index (χ4n) is 5.11. The van der Waals surface area contributed by atoms with Crippen molar-refractivity contribution in [1.82, 2.24) is 4.90 Å². The first-order valence-corrected chi connectivity index (χ1v) is 7.62. The number of hydrogen-bond donors (Lipinski definition) is 1. The fourth-order valence-corrected chi connectivity index (χ4v) is 5.11. The van der Waals surface area contributed by atoms with Crippen LogP contribution in [0.25, 0.3) is 0 Å². The van der Waals surface area contributed by atoms with E-state index in [9.17, 15) is 4.79 Å². The zero-order valence-electron chi connectivity index (χ0n) is 12.0. The lowest BCUT2D eigenvalue weighted by Gasteiger charge is -2.56. The molecule has 0 heterocycles. The van der Waals surface area contributed by atoms with Gasteiger partial charge in [-0.15, -0.1) is 12.4 Å². The van der Waals surface area contributed by atoms with E-state index in [1.54, 1.807) is 0 Å². The average molecular weight is 287 g/mol. The van der Waals surface area contributed by atoms with E-state index in [4.69, 9.17) is 5.73 Å². The van der Waals surface area contributed by atoms with E-state index in [2.05, 4.69) is 0 Å². The van der Waals surface area contributed by atoms with Crippen molar-refractivity contribution < 1.29 is 4.79 Å². The van der Waals surface area contributed by atoms with Crippen LogP contribution in [0.5, 0.6) is 0 Å². The van der Waals surface area contributed by atoms with Gasteiger partial charge >= 0.3 is 0 Å². The Labute approximate surface area is 122 Å². The summed E-state index contributed by atoms with van der Waals surface area (Å²) in [4.78, 5) is 14.3. The summed E-state index contributed by atoms with van der Waals surface area (Å²) < 4.78 is 0.